The van der Waals surface area contributed by atoms with Crippen molar-refractivity contribution < 1.29 is 8.78 Å². The van der Waals surface area contributed by atoms with E-state index in [2.05, 4.69) is 18.7 Å². The van der Waals surface area contributed by atoms with Gasteiger partial charge in [-0.3, -0.25) is 4.90 Å². The molecule has 0 bridgehead atoms. The van der Waals surface area contributed by atoms with Gasteiger partial charge in [-0.1, -0.05) is 13.8 Å². The third kappa shape index (κ3) is 2.17. The second-order valence-corrected chi connectivity index (χ2v) is 5.71. The van der Waals surface area contributed by atoms with Gasteiger partial charge in [0, 0.05) is 12.0 Å². The third-order valence-electron chi connectivity index (χ3n) is 3.94. The van der Waals surface area contributed by atoms with E-state index in [1.54, 1.807) is 0 Å². The van der Waals surface area contributed by atoms with Crippen molar-refractivity contribution in [2.45, 2.75) is 57.4 Å². The monoisotopic (exact) mass is 217 g/mol. The third-order valence-corrected chi connectivity index (χ3v) is 3.94. The molecule has 1 atom stereocenters. The van der Waals surface area contributed by atoms with E-state index in [9.17, 15) is 8.78 Å². The Kier molecular flexibility index (Phi) is 2.78. The van der Waals surface area contributed by atoms with Gasteiger partial charge in [0.15, 0.2) is 0 Å². The van der Waals surface area contributed by atoms with Crippen molar-refractivity contribution in [3.8, 4) is 0 Å². The summed E-state index contributed by atoms with van der Waals surface area (Å²) in [6.07, 6.45) is 4.23. The average Bonchev–Trinajstić information content (AvgIpc) is 2.53. The molecule has 2 saturated heterocycles. The summed E-state index contributed by atoms with van der Waals surface area (Å²) in [6.45, 7) is 5.23. The molecule has 0 saturated carbocycles. The van der Waals surface area contributed by atoms with E-state index in [0.717, 1.165) is 32.2 Å². The molecule has 0 aliphatic carbocycles. The smallest absolute Gasteiger partial charge is 0.262 e. The molecule has 2 aliphatic rings. The van der Waals surface area contributed by atoms with Crippen LogP contribution in [0, 0.1) is 5.92 Å². The van der Waals surface area contributed by atoms with E-state index in [1.165, 1.54) is 0 Å². The first-order chi connectivity index (χ1) is 6.94. The van der Waals surface area contributed by atoms with Crippen molar-refractivity contribution in [3.05, 3.63) is 0 Å². The summed E-state index contributed by atoms with van der Waals surface area (Å²) in [7, 11) is 0. The van der Waals surface area contributed by atoms with E-state index in [-0.39, 0.29) is 18.5 Å². The molecule has 0 aromatic rings. The van der Waals surface area contributed by atoms with Gasteiger partial charge in [-0.2, -0.15) is 0 Å². The molecule has 0 amide bonds. The quantitative estimate of drug-likeness (QED) is 0.701. The van der Waals surface area contributed by atoms with E-state index in [0.29, 0.717) is 5.92 Å². The van der Waals surface area contributed by atoms with Crippen LogP contribution in [0.15, 0.2) is 0 Å². The zero-order valence-corrected chi connectivity index (χ0v) is 9.73. The van der Waals surface area contributed by atoms with Gasteiger partial charge in [-0.05, 0) is 38.1 Å². The summed E-state index contributed by atoms with van der Waals surface area (Å²) in [5, 5.41) is 0. The van der Waals surface area contributed by atoms with Crippen LogP contribution in [0.3, 0.4) is 0 Å². The number of hydrogen-bond acceptors (Lipinski definition) is 1. The van der Waals surface area contributed by atoms with Gasteiger partial charge in [0.1, 0.15) is 0 Å². The molecule has 0 radical (unpaired) electrons. The van der Waals surface area contributed by atoms with Gasteiger partial charge in [0.2, 0.25) is 0 Å². The van der Waals surface area contributed by atoms with E-state index < -0.39 is 5.92 Å². The summed E-state index contributed by atoms with van der Waals surface area (Å²) in [5.74, 6) is -1.81. The first-order valence-corrected chi connectivity index (χ1v) is 6.06. The normalized spacial score (nSPS) is 35.0. The molecule has 3 heteroatoms. The lowest BCUT2D eigenvalue weighted by Crippen LogP contribution is -2.38. The minimum absolute atomic E-state index is 0.00505. The summed E-state index contributed by atoms with van der Waals surface area (Å²) in [4.78, 5) is 2.05. The van der Waals surface area contributed by atoms with Crippen molar-refractivity contribution in [2.24, 2.45) is 5.92 Å². The lowest BCUT2D eigenvalue weighted by molar-refractivity contribution is 0.00923. The highest BCUT2D eigenvalue weighted by molar-refractivity contribution is 5.06. The fourth-order valence-corrected chi connectivity index (χ4v) is 3.19. The highest BCUT2D eigenvalue weighted by atomic mass is 19.3. The Morgan fingerprint density at radius 2 is 2.07 bits per heavy atom. The lowest BCUT2D eigenvalue weighted by Gasteiger charge is -2.31. The highest BCUT2D eigenvalue weighted by Crippen LogP contribution is 2.48. The Morgan fingerprint density at radius 1 is 1.33 bits per heavy atom. The molecular formula is C12H21F2N. The minimum atomic E-state index is -2.43. The van der Waals surface area contributed by atoms with Crippen molar-refractivity contribution in [3.63, 3.8) is 0 Å². The molecule has 2 rings (SSSR count). The molecule has 15 heavy (non-hydrogen) atoms. The molecule has 0 aromatic carbocycles. The van der Waals surface area contributed by atoms with E-state index in [1.807, 2.05) is 0 Å². The molecule has 0 spiro atoms. The average molecular weight is 217 g/mol. The zero-order valence-electron chi connectivity index (χ0n) is 9.73. The molecule has 1 nitrogen and oxygen atoms in total. The maximum Gasteiger partial charge on any atom is 0.262 e. The predicted octanol–water partition coefficient (Wildman–Crippen LogP) is 3.30. The molecule has 1 unspecified atom stereocenters. The molecule has 2 fully saturated rings. The van der Waals surface area contributed by atoms with Gasteiger partial charge in [0.05, 0.1) is 6.54 Å². The summed E-state index contributed by atoms with van der Waals surface area (Å²) in [6, 6.07) is 0. The van der Waals surface area contributed by atoms with Crippen LogP contribution < -0.4 is 0 Å². The van der Waals surface area contributed by atoms with Crippen LogP contribution in [0.4, 0.5) is 8.78 Å². The fraction of sp³-hybridized carbons (Fsp3) is 1.00. The van der Waals surface area contributed by atoms with E-state index >= 15 is 0 Å². The minimum Gasteiger partial charge on any atom is -0.292 e. The second kappa shape index (κ2) is 3.69. The van der Waals surface area contributed by atoms with Crippen LogP contribution in [0.5, 0.6) is 0 Å². The Labute approximate surface area is 90.8 Å². The first kappa shape index (κ1) is 11.3. The van der Waals surface area contributed by atoms with Crippen molar-refractivity contribution >= 4 is 0 Å². The van der Waals surface area contributed by atoms with Gasteiger partial charge in [-0.25, -0.2) is 8.78 Å². The van der Waals surface area contributed by atoms with Crippen molar-refractivity contribution in [1.29, 1.82) is 0 Å². The molecule has 0 aromatic heterocycles. The number of halogens is 2. The van der Waals surface area contributed by atoms with Gasteiger partial charge < -0.3 is 0 Å². The molecule has 88 valence electrons. The van der Waals surface area contributed by atoms with Gasteiger partial charge in [0.25, 0.3) is 5.92 Å². The largest absolute Gasteiger partial charge is 0.292 e. The van der Waals surface area contributed by atoms with Gasteiger partial charge >= 0.3 is 0 Å². The Bertz CT molecular complexity index is 240. The Morgan fingerprint density at radius 3 is 2.73 bits per heavy atom. The summed E-state index contributed by atoms with van der Waals surface area (Å²) >= 11 is 0. The number of fused-ring (bicyclic) bond motifs is 1. The van der Waals surface area contributed by atoms with Crippen LogP contribution in [0.1, 0.15) is 46.0 Å². The standard InChI is InChI=1S/C12H21F2N/c1-10(2)4-6-11-5-3-7-15(11)9-12(13,14)8-11/h10H,3-9H2,1-2H3. The topological polar surface area (TPSA) is 3.24 Å². The zero-order chi connectivity index (χ0) is 11.1. The number of alkyl halides is 2. The Balaban J connectivity index is 2.04. The van der Waals surface area contributed by atoms with Crippen LogP contribution in [-0.2, 0) is 0 Å². The SMILES string of the molecule is CC(C)CCC12CCCN1CC(F)(F)C2. The number of hydrogen-bond donors (Lipinski definition) is 0. The first-order valence-electron chi connectivity index (χ1n) is 6.06. The maximum atomic E-state index is 13.4. The van der Waals surface area contributed by atoms with Crippen molar-refractivity contribution in [2.75, 3.05) is 13.1 Å². The number of rotatable bonds is 3. The van der Waals surface area contributed by atoms with Crippen LogP contribution in [0.2, 0.25) is 0 Å². The lowest BCUT2D eigenvalue weighted by atomic mass is 9.86. The molecule has 2 aliphatic heterocycles. The summed E-state index contributed by atoms with van der Waals surface area (Å²) in [5.41, 5.74) is -0.145. The van der Waals surface area contributed by atoms with Crippen LogP contribution in [-0.4, -0.2) is 29.5 Å². The predicted molar refractivity (Wildman–Crippen MR) is 57.2 cm³/mol. The number of nitrogens with zero attached hydrogens (tertiary/aromatic N) is 1. The van der Waals surface area contributed by atoms with Crippen LogP contribution in [0.25, 0.3) is 0 Å². The maximum absolute atomic E-state index is 13.4. The van der Waals surface area contributed by atoms with Crippen LogP contribution >= 0.6 is 0 Å². The van der Waals surface area contributed by atoms with Crippen molar-refractivity contribution in [1.82, 2.24) is 4.90 Å². The second-order valence-electron chi connectivity index (χ2n) is 5.71. The van der Waals surface area contributed by atoms with Gasteiger partial charge in [-0.15, -0.1) is 0 Å². The summed E-state index contributed by atoms with van der Waals surface area (Å²) < 4.78 is 26.8. The molecular weight excluding hydrogens is 196 g/mol. The Hall–Kier alpha value is -0.180. The van der Waals surface area contributed by atoms with E-state index in [4.69, 9.17) is 0 Å². The molecule has 2 heterocycles. The molecule has 0 N–H and O–H groups in total. The fourth-order valence-electron chi connectivity index (χ4n) is 3.19. The highest BCUT2D eigenvalue weighted by Gasteiger charge is 2.55.